The van der Waals surface area contributed by atoms with Crippen LogP contribution in [-0.4, -0.2) is 28.1 Å². The van der Waals surface area contributed by atoms with Crippen molar-refractivity contribution in [3.05, 3.63) is 34.1 Å². The highest BCUT2D eigenvalue weighted by Crippen LogP contribution is 2.43. The van der Waals surface area contributed by atoms with E-state index in [9.17, 15) is 18.5 Å². The monoisotopic (exact) mass is 383 g/mol. The van der Waals surface area contributed by atoms with Gasteiger partial charge in [0.1, 0.15) is 5.82 Å². The van der Waals surface area contributed by atoms with Crippen molar-refractivity contribution in [3.8, 4) is 0 Å². The summed E-state index contributed by atoms with van der Waals surface area (Å²) < 4.78 is 24.9. The molecule has 0 spiro atoms. The molecule has 1 aromatic heterocycles. The number of nitrogens with zero attached hydrogens (tertiary/aromatic N) is 4. The van der Waals surface area contributed by atoms with E-state index in [1.807, 2.05) is 18.4 Å². The Balaban J connectivity index is 2.03. The first-order valence-corrected chi connectivity index (χ1v) is 9.98. The van der Waals surface area contributed by atoms with Gasteiger partial charge in [0.15, 0.2) is 5.16 Å². The SMILES string of the molecule is CC(C)c1nnc(Sc2ccc(S(N)(=O)=O)cc2[N+](=O)[O-])n1C1CC1. The van der Waals surface area contributed by atoms with Crippen LogP contribution in [0.5, 0.6) is 0 Å². The molecule has 1 heterocycles. The van der Waals surface area contributed by atoms with Gasteiger partial charge in [0.05, 0.1) is 14.7 Å². The lowest BCUT2D eigenvalue weighted by molar-refractivity contribution is -0.388. The van der Waals surface area contributed by atoms with Crippen LogP contribution in [0.2, 0.25) is 0 Å². The number of hydrogen-bond acceptors (Lipinski definition) is 7. The summed E-state index contributed by atoms with van der Waals surface area (Å²) in [5.41, 5.74) is -0.326. The van der Waals surface area contributed by atoms with Gasteiger partial charge >= 0.3 is 0 Å². The average molecular weight is 383 g/mol. The van der Waals surface area contributed by atoms with Gasteiger partial charge in [0, 0.05) is 18.0 Å². The molecule has 3 rings (SSSR count). The van der Waals surface area contributed by atoms with E-state index in [0.717, 1.165) is 36.5 Å². The summed E-state index contributed by atoms with van der Waals surface area (Å²) >= 11 is 1.11. The number of benzene rings is 1. The van der Waals surface area contributed by atoms with Gasteiger partial charge in [0.25, 0.3) is 5.69 Å². The maximum Gasteiger partial charge on any atom is 0.284 e. The quantitative estimate of drug-likeness (QED) is 0.598. The molecule has 1 aliphatic rings. The molecule has 25 heavy (non-hydrogen) atoms. The van der Waals surface area contributed by atoms with E-state index >= 15 is 0 Å². The summed E-state index contributed by atoms with van der Waals surface area (Å²) in [7, 11) is -4.01. The van der Waals surface area contributed by atoms with Gasteiger partial charge in [-0.1, -0.05) is 13.8 Å². The minimum Gasteiger partial charge on any atom is -0.302 e. The van der Waals surface area contributed by atoms with Crippen molar-refractivity contribution < 1.29 is 13.3 Å². The zero-order valence-electron chi connectivity index (χ0n) is 13.6. The fraction of sp³-hybridized carbons (Fsp3) is 0.429. The molecule has 0 aliphatic heterocycles. The van der Waals surface area contributed by atoms with E-state index in [0.29, 0.717) is 16.1 Å². The summed E-state index contributed by atoms with van der Waals surface area (Å²) in [6.45, 7) is 4.03. The van der Waals surface area contributed by atoms with Crippen LogP contribution in [0.3, 0.4) is 0 Å². The molecule has 11 heteroatoms. The molecule has 2 aromatic rings. The van der Waals surface area contributed by atoms with Crippen LogP contribution in [0.15, 0.2) is 33.1 Å². The Morgan fingerprint density at radius 1 is 1.36 bits per heavy atom. The Bertz CT molecular complexity index is 935. The molecule has 0 radical (unpaired) electrons. The van der Waals surface area contributed by atoms with Gasteiger partial charge in [-0.05, 0) is 36.7 Å². The zero-order chi connectivity index (χ0) is 18.4. The topological polar surface area (TPSA) is 134 Å². The van der Waals surface area contributed by atoms with Crippen molar-refractivity contribution in [1.82, 2.24) is 14.8 Å². The fourth-order valence-corrected chi connectivity index (χ4v) is 3.96. The van der Waals surface area contributed by atoms with Crippen molar-refractivity contribution in [2.45, 2.75) is 53.6 Å². The van der Waals surface area contributed by atoms with Crippen molar-refractivity contribution in [1.29, 1.82) is 0 Å². The molecule has 1 aliphatic carbocycles. The molecule has 9 nitrogen and oxygen atoms in total. The molecule has 2 N–H and O–H groups in total. The van der Waals surface area contributed by atoms with Crippen LogP contribution >= 0.6 is 11.8 Å². The van der Waals surface area contributed by atoms with Crippen molar-refractivity contribution >= 4 is 27.5 Å². The highest BCUT2D eigenvalue weighted by atomic mass is 32.2. The first-order chi connectivity index (χ1) is 11.7. The maximum atomic E-state index is 11.4. The smallest absolute Gasteiger partial charge is 0.284 e. The third kappa shape index (κ3) is 3.67. The molecule has 1 fully saturated rings. The predicted molar refractivity (Wildman–Crippen MR) is 91.0 cm³/mol. The fourth-order valence-electron chi connectivity index (χ4n) is 2.43. The minimum absolute atomic E-state index is 0.183. The van der Waals surface area contributed by atoms with E-state index in [2.05, 4.69) is 10.2 Å². The first kappa shape index (κ1) is 17.8. The number of nitro benzene ring substituents is 1. The lowest BCUT2D eigenvalue weighted by Gasteiger charge is -2.11. The number of aromatic nitrogens is 3. The standard InChI is InChI=1S/C14H17N5O4S2/c1-8(2)13-16-17-14(18(13)9-3-4-9)24-12-6-5-10(25(15,22)23)7-11(12)19(20)21/h5-9H,3-4H2,1-2H3,(H2,15,22,23). The first-order valence-electron chi connectivity index (χ1n) is 7.62. The van der Waals surface area contributed by atoms with E-state index in [1.165, 1.54) is 12.1 Å². The molecule has 0 saturated heterocycles. The van der Waals surface area contributed by atoms with Crippen LogP contribution in [0, 0.1) is 10.1 Å². The Morgan fingerprint density at radius 2 is 2.04 bits per heavy atom. The van der Waals surface area contributed by atoms with Crippen LogP contribution in [-0.2, 0) is 10.0 Å². The Labute approximate surface area is 148 Å². The lowest BCUT2D eigenvalue weighted by atomic mass is 10.2. The summed E-state index contributed by atoms with van der Waals surface area (Å²) in [6, 6.07) is 3.92. The molecule has 0 unspecified atom stereocenters. The number of nitrogens with two attached hydrogens (primary N) is 1. The van der Waals surface area contributed by atoms with Crippen LogP contribution in [0.25, 0.3) is 0 Å². The van der Waals surface area contributed by atoms with E-state index in [-0.39, 0.29) is 16.5 Å². The summed E-state index contributed by atoms with van der Waals surface area (Å²) in [5.74, 6) is 1.02. The lowest BCUT2D eigenvalue weighted by Crippen LogP contribution is -2.12. The molecule has 134 valence electrons. The van der Waals surface area contributed by atoms with E-state index in [1.54, 1.807) is 0 Å². The van der Waals surface area contributed by atoms with Crippen molar-refractivity contribution in [2.24, 2.45) is 5.14 Å². The molecular formula is C14H17N5O4S2. The summed E-state index contributed by atoms with van der Waals surface area (Å²) in [5, 5.41) is 25.4. The van der Waals surface area contributed by atoms with Gasteiger partial charge in [-0.15, -0.1) is 10.2 Å². The summed E-state index contributed by atoms with van der Waals surface area (Å²) in [4.78, 5) is 10.7. The minimum atomic E-state index is -4.01. The Hall–Kier alpha value is -1.98. The molecular weight excluding hydrogens is 366 g/mol. The second kappa shape index (κ2) is 6.39. The van der Waals surface area contributed by atoms with Gasteiger partial charge < -0.3 is 4.57 Å². The Morgan fingerprint density at radius 3 is 2.56 bits per heavy atom. The third-order valence-corrected chi connectivity index (χ3v) is 5.71. The van der Waals surface area contributed by atoms with E-state index in [4.69, 9.17) is 5.14 Å². The predicted octanol–water partition coefficient (Wildman–Crippen LogP) is 2.44. The van der Waals surface area contributed by atoms with Gasteiger partial charge in [-0.25, -0.2) is 13.6 Å². The highest BCUT2D eigenvalue weighted by Gasteiger charge is 2.31. The Kier molecular flexibility index (Phi) is 4.56. The number of primary sulfonamides is 1. The largest absolute Gasteiger partial charge is 0.302 e. The molecule has 0 atom stereocenters. The van der Waals surface area contributed by atoms with Crippen LogP contribution in [0.4, 0.5) is 5.69 Å². The van der Waals surface area contributed by atoms with Crippen molar-refractivity contribution in [3.63, 3.8) is 0 Å². The molecule has 1 aromatic carbocycles. The van der Waals surface area contributed by atoms with Crippen molar-refractivity contribution in [2.75, 3.05) is 0 Å². The average Bonchev–Trinajstić information content (AvgIpc) is 3.26. The second-order valence-electron chi connectivity index (χ2n) is 6.13. The van der Waals surface area contributed by atoms with Crippen LogP contribution < -0.4 is 5.14 Å². The second-order valence-corrected chi connectivity index (χ2v) is 8.70. The number of sulfonamides is 1. The molecule has 1 saturated carbocycles. The number of rotatable bonds is 6. The number of nitro groups is 1. The summed E-state index contributed by atoms with van der Waals surface area (Å²) in [6.07, 6.45) is 2.05. The van der Waals surface area contributed by atoms with Gasteiger partial charge in [-0.2, -0.15) is 0 Å². The van der Waals surface area contributed by atoms with Gasteiger partial charge in [0.2, 0.25) is 10.0 Å². The normalized spacial score (nSPS) is 14.9. The van der Waals surface area contributed by atoms with Crippen LogP contribution in [0.1, 0.15) is 44.5 Å². The van der Waals surface area contributed by atoms with E-state index < -0.39 is 14.9 Å². The molecule has 0 amide bonds. The third-order valence-electron chi connectivity index (χ3n) is 3.78. The maximum absolute atomic E-state index is 11.4. The highest BCUT2D eigenvalue weighted by molar-refractivity contribution is 7.99. The molecule has 0 bridgehead atoms. The zero-order valence-corrected chi connectivity index (χ0v) is 15.2. The number of hydrogen-bond donors (Lipinski definition) is 1. The van der Waals surface area contributed by atoms with Gasteiger partial charge in [-0.3, -0.25) is 10.1 Å².